The zero-order valence-corrected chi connectivity index (χ0v) is 7.52. The molecule has 0 aromatic rings. The van der Waals surface area contributed by atoms with Crippen molar-refractivity contribution < 1.29 is 35.4 Å². The molecular weight excluding hydrogens is 210 g/mol. The fraction of sp³-hybridized carbons (Fsp3) is 0.857. The number of hydrogen-bond donors (Lipinski definition) is 6. The molecule has 1 rings (SSSR count). The van der Waals surface area contributed by atoms with Crippen LogP contribution in [0.2, 0.25) is 0 Å². The zero-order valence-electron chi connectivity index (χ0n) is 7.52. The first-order valence-electron chi connectivity index (χ1n) is 4.16. The number of carboxylic acids is 1. The van der Waals surface area contributed by atoms with Crippen LogP contribution in [0.1, 0.15) is 0 Å². The molecule has 0 aliphatic heterocycles. The average molecular weight is 222 g/mol. The van der Waals surface area contributed by atoms with Crippen molar-refractivity contribution in [2.24, 2.45) is 5.73 Å². The van der Waals surface area contributed by atoms with Crippen molar-refractivity contribution >= 4 is 5.97 Å². The monoisotopic (exact) mass is 222 g/mol. The van der Waals surface area contributed by atoms with Gasteiger partial charge in [0.2, 0.25) is 0 Å². The lowest BCUT2D eigenvalue weighted by atomic mass is 9.73. The molecule has 1 saturated carbocycles. The molecule has 8 nitrogen and oxygen atoms in total. The molecule has 0 heterocycles. The van der Waals surface area contributed by atoms with Crippen molar-refractivity contribution in [3.05, 3.63) is 0 Å². The van der Waals surface area contributed by atoms with E-state index in [-0.39, 0.29) is 0 Å². The molecule has 0 amide bonds. The second-order valence-corrected chi connectivity index (χ2v) is 3.56. The van der Waals surface area contributed by atoms with Gasteiger partial charge in [0.25, 0.3) is 0 Å². The van der Waals surface area contributed by atoms with Gasteiger partial charge in [-0.2, -0.15) is 0 Å². The minimum Gasteiger partial charge on any atom is -0.547 e. The highest BCUT2D eigenvalue weighted by molar-refractivity contribution is 5.77. The van der Waals surface area contributed by atoms with Crippen LogP contribution in [0.5, 0.6) is 0 Å². The lowest BCUT2D eigenvalue weighted by Gasteiger charge is -2.48. The third-order valence-corrected chi connectivity index (χ3v) is 2.68. The molecule has 1 fully saturated rings. The first-order valence-corrected chi connectivity index (χ1v) is 4.16. The summed E-state index contributed by atoms with van der Waals surface area (Å²) in [7, 11) is 0. The van der Waals surface area contributed by atoms with E-state index in [1.807, 2.05) is 0 Å². The molecular formula is C7H12NO7-. The van der Waals surface area contributed by atoms with Gasteiger partial charge in [-0.15, -0.1) is 0 Å². The number of aliphatic hydroxyl groups excluding tert-OH is 4. The number of carbonyl (C=O) groups excluding carboxylic acids is 1. The highest BCUT2D eigenvalue weighted by atomic mass is 16.4. The summed E-state index contributed by atoms with van der Waals surface area (Å²) in [6.45, 7) is 0. The van der Waals surface area contributed by atoms with Crippen LogP contribution in [0.4, 0.5) is 0 Å². The Morgan fingerprint density at radius 1 is 1.13 bits per heavy atom. The van der Waals surface area contributed by atoms with Crippen molar-refractivity contribution in [2.75, 3.05) is 0 Å². The number of carboxylic acid groups (broad SMARTS) is 1. The maximum atomic E-state index is 10.6. The third-order valence-electron chi connectivity index (χ3n) is 2.68. The lowest BCUT2D eigenvalue weighted by Crippen LogP contribution is -2.78. The van der Waals surface area contributed by atoms with Gasteiger partial charge in [-0.25, -0.2) is 0 Å². The fourth-order valence-corrected chi connectivity index (χ4v) is 1.58. The van der Waals surface area contributed by atoms with Crippen molar-refractivity contribution in [3.8, 4) is 0 Å². The van der Waals surface area contributed by atoms with E-state index in [1.165, 1.54) is 0 Å². The van der Waals surface area contributed by atoms with E-state index in [9.17, 15) is 25.2 Å². The Labute approximate surface area is 84.2 Å². The third kappa shape index (κ3) is 1.51. The molecule has 0 saturated heterocycles. The van der Waals surface area contributed by atoms with Crippen molar-refractivity contribution in [3.63, 3.8) is 0 Å². The molecule has 1 aliphatic rings. The standard InChI is InChI=1S/C7H13NO7/c8-4-2(10)1(9)3(11)5(12)7(4,15)6(13)14/h1-5,9-12,15H,8H2,(H,13,14)/p-1/t1-,2+,3-,4+,5+,7-/m0/s1. The topological polar surface area (TPSA) is 167 Å². The quantitative estimate of drug-likeness (QED) is 0.255. The minimum absolute atomic E-state index is 1.84. The van der Waals surface area contributed by atoms with E-state index >= 15 is 0 Å². The largest absolute Gasteiger partial charge is 0.547 e. The molecule has 0 unspecified atom stereocenters. The number of nitrogens with two attached hydrogens (primary N) is 1. The summed E-state index contributed by atoms with van der Waals surface area (Å²) in [5.74, 6) is -2.13. The molecule has 6 atom stereocenters. The molecule has 0 spiro atoms. The van der Waals surface area contributed by atoms with E-state index in [0.717, 1.165) is 0 Å². The summed E-state index contributed by atoms with van der Waals surface area (Å²) in [6, 6.07) is -1.86. The lowest BCUT2D eigenvalue weighted by molar-refractivity contribution is -0.343. The molecule has 8 heteroatoms. The highest BCUT2D eigenvalue weighted by Crippen LogP contribution is 2.28. The number of carbonyl (C=O) groups is 1. The van der Waals surface area contributed by atoms with Gasteiger partial charge in [0.05, 0.1) is 12.0 Å². The Bertz CT molecular complexity index is 254. The van der Waals surface area contributed by atoms with Gasteiger partial charge in [-0.1, -0.05) is 0 Å². The number of aliphatic carboxylic acids is 1. The van der Waals surface area contributed by atoms with Crippen molar-refractivity contribution in [1.29, 1.82) is 0 Å². The molecule has 1 aliphatic carbocycles. The Kier molecular flexibility index (Phi) is 3.01. The summed E-state index contributed by atoms with van der Waals surface area (Å²) in [5, 5.41) is 56.8. The Morgan fingerprint density at radius 3 is 2.00 bits per heavy atom. The summed E-state index contributed by atoms with van der Waals surface area (Å²) in [4.78, 5) is 10.6. The molecule has 0 aromatic carbocycles. The maximum Gasteiger partial charge on any atom is 0.150 e. The SMILES string of the molecule is N[C@@H]1[C@H](O)[C@H](O)[C@H](O)[C@@H](O)[C@]1(O)C(=O)[O-]. The molecule has 88 valence electrons. The van der Waals surface area contributed by atoms with Crippen LogP contribution in [-0.4, -0.2) is 67.6 Å². The highest BCUT2D eigenvalue weighted by Gasteiger charge is 2.57. The minimum atomic E-state index is -3.00. The second kappa shape index (κ2) is 3.67. The van der Waals surface area contributed by atoms with Gasteiger partial charge in [-0.3, -0.25) is 0 Å². The van der Waals surface area contributed by atoms with Crippen LogP contribution in [-0.2, 0) is 4.79 Å². The number of rotatable bonds is 1. The normalized spacial score (nSPS) is 51.5. The van der Waals surface area contributed by atoms with Gasteiger partial charge in [0.1, 0.15) is 30.0 Å². The Morgan fingerprint density at radius 2 is 1.60 bits per heavy atom. The van der Waals surface area contributed by atoms with Gasteiger partial charge in [-0.05, 0) is 0 Å². The summed E-state index contributed by atoms with van der Waals surface area (Å²) >= 11 is 0. The average Bonchev–Trinajstić information content (AvgIpc) is 2.20. The van der Waals surface area contributed by atoms with Crippen LogP contribution in [0.3, 0.4) is 0 Å². The van der Waals surface area contributed by atoms with E-state index in [1.54, 1.807) is 0 Å². The van der Waals surface area contributed by atoms with Crippen LogP contribution < -0.4 is 10.8 Å². The molecule has 0 aromatic heterocycles. The van der Waals surface area contributed by atoms with Crippen LogP contribution >= 0.6 is 0 Å². The van der Waals surface area contributed by atoms with Gasteiger partial charge in [0.15, 0.2) is 0 Å². The predicted octanol–water partition coefficient (Wildman–Crippen LogP) is -5.75. The predicted molar refractivity (Wildman–Crippen MR) is 42.0 cm³/mol. The van der Waals surface area contributed by atoms with Gasteiger partial charge < -0.3 is 41.2 Å². The van der Waals surface area contributed by atoms with E-state index in [0.29, 0.717) is 0 Å². The number of hydrogen-bond acceptors (Lipinski definition) is 8. The van der Waals surface area contributed by atoms with Crippen LogP contribution in [0, 0.1) is 0 Å². The Hall–Kier alpha value is -0.770. The fourth-order valence-electron chi connectivity index (χ4n) is 1.58. The maximum absolute atomic E-state index is 10.6. The van der Waals surface area contributed by atoms with Crippen LogP contribution in [0.25, 0.3) is 0 Å². The summed E-state index contributed by atoms with van der Waals surface area (Å²) < 4.78 is 0. The van der Waals surface area contributed by atoms with Crippen molar-refractivity contribution in [1.82, 2.24) is 0 Å². The van der Waals surface area contributed by atoms with Gasteiger partial charge >= 0.3 is 0 Å². The molecule has 15 heavy (non-hydrogen) atoms. The van der Waals surface area contributed by atoms with E-state index in [4.69, 9.17) is 15.9 Å². The first-order chi connectivity index (χ1) is 6.74. The van der Waals surface area contributed by atoms with Gasteiger partial charge in [0, 0.05) is 0 Å². The Balaban J connectivity index is 3.12. The molecule has 7 N–H and O–H groups in total. The summed E-state index contributed by atoms with van der Waals surface area (Å²) in [6.07, 6.45) is -7.99. The first kappa shape index (κ1) is 12.3. The summed E-state index contributed by atoms with van der Waals surface area (Å²) in [5.41, 5.74) is 2.15. The molecule has 0 bridgehead atoms. The molecule has 0 radical (unpaired) electrons. The smallest absolute Gasteiger partial charge is 0.150 e. The second-order valence-electron chi connectivity index (χ2n) is 3.56. The number of aliphatic hydroxyl groups is 5. The van der Waals surface area contributed by atoms with E-state index in [2.05, 4.69) is 0 Å². The van der Waals surface area contributed by atoms with E-state index < -0.39 is 42.0 Å². The zero-order chi connectivity index (χ0) is 12.0. The van der Waals surface area contributed by atoms with Crippen molar-refractivity contribution in [2.45, 2.75) is 36.1 Å². The van der Waals surface area contributed by atoms with Crippen LogP contribution in [0.15, 0.2) is 0 Å².